The first kappa shape index (κ1) is 9.06. The standard InChI is InChI=1S/C11H14N2O/c1-7(2)14-9-4-8(3)10-6-12-13-11(10)5-9/h4-7H,1-3H3,(H,12,13). The van der Waals surface area contributed by atoms with Gasteiger partial charge in [0.25, 0.3) is 0 Å². The van der Waals surface area contributed by atoms with Gasteiger partial charge in [-0.1, -0.05) is 0 Å². The van der Waals surface area contributed by atoms with Gasteiger partial charge >= 0.3 is 0 Å². The Labute approximate surface area is 83.1 Å². The van der Waals surface area contributed by atoms with Crippen molar-refractivity contribution >= 4 is 10.9 Å². The minimum atomic E-state index is 0.203. The molecule has 0 aliphatic heterocycles. The molecule has 1 aromatic heterocycles. The number of hydrogen-bond donors (Lipinski definition) is 1. The predicted molar refractivity (Wildman–Crippen MR) is 56.6 cm³/mol. The normalized spacial score (nSPS) is 11.1. The Bertz CT molecular complexity index is 445. The highest BCUT2D eigenvalue weighted by Gasteiger charge is 2.04. The van der Waals surface area contributed by atoms with Gasteiger partial charge in [0, 0.05) is 11.5 Å². The van der Waals surface area contributed by atoms with Crippen LogP contribution in [0.1, 0.15) is 19.4 Å². The van der Waals surface area contributed by atoms with Gasteiger partial charge in [-0.3, -0.25) is 5.10 Å². The highest BCUT2D eigenvalue weighted by atomic mass is 16.5. The molecule has 3 heteroatoms. The van der Waals surface area contributed by atoms with Crippen LogP contribution in [0.4, 0.5) is 0 Å². The number of hydrogen-bond acceptors (Lipinski definition) is 2. The molecule has 0 unspecified atom stereocenters. The monoisotopic (exact) mass is 190 g/mol. The molecular weight excluding hydrogens is 176 g/mol. The quantitative estimate of drug-likeness (QED) is 0.790. The van der Waals surface area contributed by atoms with E-state index in [1.165, 1.54) is 5.56 Å². The molecule has 1 heterocycles. The maximum Gasteiger partial charge on any atom is 0.122 e. The molecule has 14 heavy (non-hydrogen) atoms. The van der Waals surface area contributed by atoms with Gasteiger partial charge in [0.1, 0.15) is 5.75 Å². The zero-order valence-corrected chi connectivity index (χ0v) is 8.66. The van der Waals surface area contributed by atoms with Crippen LogP contribution in [-0.4, -0.2) is 16.3 Å². The number of nitrogens with zero attached hydrogens (tertiary/aromatic N) is 1. The van der Waals surface area contributed by atoms with E-state index in [4.69, 9.17) is 4.74 Å². The second kappa shape index (κ2) is 3.33. The number of fused-ring (bicyclic) bond motifs is 1. The Morgan fingerprint density at radius 2 is 2.14 bits per heavy atom. The van der Waals surface area contributed by atoms with E-state index < -0.39 is 0 Å². The van der Waals surface area contributed by atoms with Gasteiger partial charge in [0.2, 0.25) is 0 Å². The number of nitrogens with one attached hydrogen (secondary N) is 1. The van der Waals surface area contributed by atoms with Gasteiger partial charge in [-0.15, -0.1) is 0 Å². The molecule has 3 nitrogen and oxygen atoms in total. The molecule has 1 aromatic carbocycles. The fourth-order valence-electron chi connectivity index (χ4n) is 1.54. The first-order valence-electron chi connectivity index (χ1n) is 4.77. The van der Waals surface area contributed by atoms with E-state index in [0.29, 0.717) is 0 Å². The van der Waals surface area contributed by atoms with E-state index in [2.05, 4.69) is 17.1 Å². The second-order valence-corrected chi connectivity index (χ2v) is 3.74. The van der Waals surface area contributed by atoms with Crippen molar-refractivity contribution in [2.45, 2.75) is 26.9 Å². The molecule has 0 spiro atoms. The zero-order chi connectivity index (χ0) is 10.1. The molecule has 2 aromatic rings. The van der Waals surface area contributed by atoms with Crippen LogP contribution >= 0.6 is 0 Å². The largest absolute Gasteiger partial charge is 0.491 e. The SMILES string of the molecule is Cc1cc(OC(C)C)cc2[nH]ncc12. The summed E-state index contributed by atoms with van der Waals surface area (Å²) in [6.45, 7) is 6.10. The summed E-state index contributed by atoms with van der Waals surface area (Å²) in [5.41, 5.74) is 2.22. The molecule has 0 bridgehead atoms. The van der Waals surface area contributed by atoms with E-state index >= 15 is 0 Å². The van der Waals surface area contributed by atoms with Crippen LogP contribution < -0.4 is 4.74 Å². The van der Waals surface area contributed by atoms with Crippen molar-refractivity contribution in [1.82, 2.24) is 10.2 Å². The third-order valence-electron chi connectivity index (χ3n) is 2.11. The second-order valence-electron chi connectivity index (χ2n) is 3.74. The molecule has 2 rings (SSSR count). The topological polar surface area (TPSA) is 37.9 Å². The number of benzene rings is 1. The van der Waals surface area contributed by atoms with E-state index in [1.807, 2.05) is 32.2 Å². The Hall–Kier alpha value is -1.51. The number of aromatic nitrogens is 2. The van der Waals surface area contributed by atoms with E-state index in [1.54, 1.807) is 0 Å². The zero-order valence-electron chi connectivity index (χ0n) is 8.66. The first-order valence-corrected chi connectivity index (χ1v) is 4.77. The Morgan fingerprint density at radius 3 is 2.86 bits per heavy atom. The van der Waals surface area contributed by atoms with E-state index in [-0.39, 0.29) is 6.10 Å². The van der Waals surface area contributed by atoms with Gasteiger partial charge in [-0.25, -0.2) is 0 Å². The average molecular weight is 190 g/mol. The van der Waals surface area contributed by atoms with Crippen LogP contribution in [0, 0.1) is 6.92 Å². The van der Waals surface area contributed by atoms with Crippen molar-refractivity contribution in [2.24, 2.45) is 0 Å². The molecule has 0 saturated carbocycles. The Balaban J connectivity index is 2.47. The lowest BCUT2D eigenvalue weighted by atomic mass is 10.1. The van der Waals surface area contributed by atoms with Crippen LogP contribution in [0.5, 0.6) is 5.75 Å². The summed E-state index contributed by atoms with van der Waals surface area (Å²) in [5.74, 6) is 0.897. The number of rotatable bonds is 2. The third kappa shape index (κ3) is 1.58. The summed E-state index contributed by atoms with van der Waals surface area (Å²) < 4.78 is 5.62. The van der Waals surface area contributed by atoms with Crippen molar-refractivity contribution in [3.63, 3.8) is 0 Å². The highest BCUT2D eigenvalue weighted by Crippen LogP contribution is 2.23. The summed E-state index contributed by atoms with van der Waals surface area (Å²) in [6.07, 6.45) is 2.04. The molecule has 0 aliphatic rings. The lowest BCUT2D eigenvalue weighted by molar-refractivity contribution is 0.242. The smallest absolute Gasteiger partial charge is 0.122 e. The van der Waals surface area contributed by atoms with E-state index in [9.17, 15) is 0 Å². The summed E-state index contributed by atoms with van der Waals surface area (Å²) in [6, 6.07) is 4.02. The molecule has 0 atom stereocenters. The summed E-state index contributed by atoms with van der Waals surface area (Å²) in [4.78, 5) is 0. The molecule has 0 radical (unpaired) electrons. The first-order chi connectivity index (χ1) is 6.66. The van der Waals surface area contributed by atoms with Crippen LogP contribution in [0.15, 0.2) is 18.3 Å². The van der Waals surface area contributed by atoms with Gasteiger partial charge in [-0.2, -0.15) is 5.10 Å². The maximum atomic E-state index is 5.62. The fraction of sp³-hybridized carbons (Fsp3) is 0.364. The van der Waals surface area contributed by atoms with Crippen LogP contribution in [0.2, 0.25) is 0 Å². The summed E-state index contributed by atoms with van der Waals surface area (Å²) in [7, 11) is 0. The van der Waals surface area contributed by atoms with E-state index in [0.717, 1.165) is 16.7 Å². The molecule has 0 aliphatic carbocycles. The molecule has 0 fully saturated rings. The maximum absolute atomic E-state index is 5.62. The van der Waals surface area contributed by atoms with Crippen molar-refractivity contribution in [3.05, 3.63) is 23.9 Å². The van der Waals surface area contributed by atoms with Crippen molar-refractivity contribution < 1.29 is 4.74 Å². The van der Waals surface area contributed by atoms with Gasteiger partial charge in [0.15, 0.2) is 0 Å². The lowest BCUT2D eigenvalue weighted by Crippen LogP contribution is -2.05. The summed E-state index contributed by atoms with van der Waals surface area (Å²) >= 11 is 0. The number of aromatic amines is 1. The van der Waals surface area contributed by atoms with Crippen molar-refractivity contribution in [2.75, 3.05) is 0 Å². The molecule has 0 amide bonds. The molecular formula is C11H14N2O. The minimum Gasteiger partial charge on any atom is -0.491 e. The van der Waals surface area contributed by atoms with Gasteiger partial charge in [0.05, 0.1) is 17.8 Å². The van der Waals surface area contributed by atoms with Crippen molar-refractivity contribution in [3.8, 4) is 5.75 Å². The highest BCUT2D eigenvalue weighted by molar-refractivity contribution is 5.82. The fourth-order valence-corrected chi connectivity index (χ4v) is 1.54. The lowest BCUT2D eigenvalue weighted by Gasteiger charge is -2.10. The van der Waals surface area contributed by atoms with Gasteiger partial charge in [-0.05, 0) is 32.4 Å². The molecule has 0 saturated heterocycles. The number of ether oxygens (including phenoxy) is 1. The van der Waals surface area contributed by atoms with Crippen LogP contribution in [0.25, 0.3) is 10.9 Å². The Morgan fingerprint density at radius 1 is 1.36 bits per heavy atom. The number of aryl methyl sites for hydroxylation is 1. The number of H-pyrrole nitrogens is 1. The van der Waals surface area contributed by atoms with Crippen LogP contribution in [-0.2, 0) is 0 Å². The molecule has 1 N–H and O–H groups in total. The Kier molecular flexibility index (Phi) is 2.15. The minimum absolute atomic E-state index is 0.203. The van der Waals surface area contributed by atoms with Crippen molar-refractivity contribution in [1.29, 1.82) is 0 Å². The van der Waals surface area contributed by atoms with Gasteiger partial charge < -0.3 is 4.74 Å². The third-order valence-corrected chi connectivity index (χ3v) is 2.11. The molecule has 74 valence electrons. The summed E-state index contributed by atoms with van der Waals surface area (Å²) in [5, 5.41) is 8.10. The predicted octanol–water partition coefficient (Wildman–Crippen LogP) is 2.66. The average Bonchev–Trinajstić information content (AvgIpc) is 2.50. The van der Waals surface area contributed by atoms with Crippen LogP contribution in [0.3, 0.4) is 0 Å².